The van der Waals surface area contributed by atoms with Gasteiger partial charge in [-0.05, 0) is 25.6 Å². The normalized spacial score (nSPS) is 10.1. The van der Waals surface area contributed by atoms with Gasteiger partial charge in [-0.25, -0.2) is 0 Å². The molecule has 78 valence electrons. The van der Waals surface area contributed by atoms with Crippen molar-refractivity contribution in [3.05, 3.63) is 23.5 Å². The van der Waals surface area contributed by atoms with Crippen LogP contribution in [0.1, 0.15) is 13.3 Å². The number of hydrogen-bond donors (Lipinski definition) is 2. The van der Waals surface area contributed by atoms with Gasteiger partial charge in [0.25, 0.3) is 0 Å². The molecule has 3 nitrogen and oxygen atoms in total. The summed E-state index contributed by atoms with van der Waals surface area (Å²) in [5.74, 6) is 0. The molecule has 2 N–H and O–H groups in total. The third-order valence-electron chi connectivity index (χ3n) is 1.87. The Morgan fingerprint density at radius 1 is 1.43 bits per heavy atom. The lowest BCUT2D eigenvalue weighted by atomic mass is 10.3. The fourth-order valence-electron chi connectivity index (χ4n) is 1.13. The molecular formula is C10H16ClN3. The number of rotatable bonds is 6. The van der Waals surface area contributed by atoms with Gasteiger partial charge in [0.1, 0.15) is 0 Å². The highest BCUT2D eigenvalue weighted by Crippen LogP contribution is 2.18. The molecule has 0 atom stereocenters. The number of nitrogens with zero attached hydrogens (tertiary/aromatic N) is 1. The minimum Gasteiger partial charge on any atom is -0.384 e. The largest absolute Gasteiger partial charge is 0.384 e. The third-order valence-corrected chi connectivity index (χ3v) is 2.17. The van der Waals surface area contributed by atoms with Crippen LogP contribution in [0.3, 0.4) is 0 Å². The Morgan fingerprint density at radius 2 is 2.29 bits per heavy atom. The molecule has 0 aliphatic heterocycles. The molecule has 1 aromatic rings. The number of nitrogens with one attached hydrogen (secondary N) is 2. The Labute approximate surface area is 89.9 Å². The van der Waals surface area contributed by atoms with Crippen molar-refractivity contribution in [1.29, 1.82) is 0 Å². The zero-order valence-corrected chi connectivity index (χ0v) is 9.14. The molecule has 0 amide bonds. The monoisotopic (exact) mass is 213 g/mol. The van der Waals surface area contributed by atoms with E-state index in [-0.39, 0.29) is 0 Å². The van der Waals surface area contributed by atoms with Crippen molar-refractivity contribution in [2.24, 2.45) is 0 Å². The summed E-state index contributed by atoms with van der Waals surface area (Å²) >= 11 is 5.92. The fourth-order valence-corrected chi connectivity index (χ4v) is 1.32. The van der Waals surface area contributed by atoms with E-state index in [1.165, 1.54) is 0 Å². The second-order valence-corrected chi connectivity index (χ2v) is 3.40. The van der Waals surface area contributed by atoms with Gasteiger partial charge < -0.3 is 10.6 Å². The summed E-state index contributed by atoms with van der Waals surface area (Å²) in [6.45, 7) is 5.09. The van der Waals surface area contributed by atoms with Crippen LogP contribution in [0, 0.1) is 0 Å². The molecular weight excluding hydrogens is 198 g/mol. The van der Waals surface area contributed by atoms with Gasteiger partial charge in [0.2, 0.25) is 0 Å². The van der Waals surface area contributed by atoms with E-state index in [2.05, 4.69) is 22.5 Å². The second kappa shape index (κ2) is 6.62. The van der Waals surface area contributed by atoms with Gasteiger partial charge in [-0.1, -0.05) is 18.5 Å². The van der Waals surface area contributed by atoms with E-state index in [9.17, 15) is 0 Å². The number of aromatic nitrogens is 1. The zero-order valence-electron chi connectivity index (χ0n) is 8.39. The zero-order chi connectivity index (χ0) is 10.2. The Balaban J connectivity index is 2.21. The van der Waals surface area contributed by atoms with E-state index in [1.807, 2.05) is 6.07 Å². The average molecular weight is 214 g/mol. The molecule has 1 rings (SSSR count). The van der Waals surface area contributed by atoms with Crippen LogP contribution in [0.25, 0.3) is 0 Å². The standard InChI is InChI=1S/C10H16ClN3/c1-2-12-5-3-6-14-10-4-7-13-8-9(10)11/h4,7-8,12H,2-3,5-6H2,1H3,(H,13,14). The summed E-state index contributed by atoms with van der Waals surface area (Å²) in [5.41, 5.74) is 0.957. The lowest BCUT2D eigenvalue weighted by molar-refractivity contribution is 0.688. The summed E-state index contributed by atoms with van der Waals surface area (Å²) in [6, 6.07) is 1.88. The molecule has 4 heteroatoms. The van der Waals surface area contributed by atoms with Crippen LogP contribution < -0.4 is 10.6 Å². The van der Waals surface area contributed by atoms with Crippen LogP contribution in [0.4, 0.5) is 5.69 Å². The predicted molar refractivity (Wildman–Crippen MR) is 60.9 cm³/mol. The average Bonchev–Trinajstić information content (AvgIpc) is 2.20. The molecule has 0 saturated heterocycles. The molecule has 0 unspecified atom stereocenters. The maximum Gasteiger partial charge on any atom is 0.0820 e. The molecule has 0 aromatic carbocycles. The van der Waals surface area contributed by atoms with E-state index < -0.39 is 0 Å². The van der Waals surface area contributed by atoms with Gasteiger partial charge in [-0.2, -0.15) is 0 Å². The van der Waals surface area contributed by atoms with Crippen molar-refractivity contribution in [3.63, 3.8) is 0 Å². The van der Waals surface area contributed by atoms with Crippen molar-refractivity contribution < 1.29 is 0 Å². The number of pyridine rings is 1. The minimum absolute atomic E-state index is 0.677. The molecule has 0 saturated carbocycles. The van der Waals surface area contributed by atoms with E-state index >= 15 is 0 Å². The second-order valence-electron chi connectivity index (χ2n) is 2.99. The van der Waals surface area contributed by atoms with Crippen LogP contribution in [0.2, 0.25) is 5.02 Å². The van der Waals surface area contributed by atoms with Crippen LogP contribution >= 0.6 is 11.6 Å². The molecule has 1 aromatic heterocycles. The Bertz CT molecular complexity index is 265. The van der Waals surface area contributed by atoms with Crippen LogP contribution in [0.5, 0.6) is 0 Å². The summed E-state index contributed by atoms with van der Waals surface area (Å²) in [6.07, 6.45) is 4.47. The first-order valence-corrected chi connectivity index (χ1v) is 5.26. The van der Waals surface area contributed by atoms with Gasteiger partial charge in [0.15, 0.2) is 0 Å². The highest BCUT2D eigenvalue weighted by Gasteiger charge is 1.96. The minimum atomic E-state index is 0.677. The van der Waals surface area contributed by atoms with E-state index in [0.29, 0.717) is 5.02 Å². The van der Waals surface area contributed by atoms with Gasteiger partial charge >= 0.3 is 0 Å². The van der Waals surface area contributed by atoms with Crippen molar-refractivity contribution in [3.8, 4) is 0 Å². The van der Waals surface area contributed by atoms with Crippen LogP contribution in [-0.4, -0.2) is 24.6 Å². The number of halogens is 1. The Morgan fingerprint density at radius 3 is 3.00 bits per heavy atom. The van der Waals surface area contributed by atoms with E-state index in [1.54, 1.807) is 12.4 Å². The van der Waals surface area contributed by atoms with E-state index in [4.69, 9.17) is 11.6 Å². The maximum atomic E-state index is 5.92. The Kier molecular flexibility index (Phi) is 5.33. The molecule has 1 heterocycles. The van der Waals surface area contributed by atoms with Crippen molar-refractivity contribution in [1.82, 2.24) is 10.3 Å². The van der Waals surface area contributed by atoms with Gasteiger partial charge in [-0.15, -0.1) is 0 Å². The lowest BCUT2D eigenvalue weighted by Gasteiger charge is -2.07. The van der Waals surface area contributed by atoms with Crippen LogP contribution in [-0.2, 0) is 0 Å². The SMILES string of the molecule is CCNCCCNc1ccncc1Cl. The molecule has 0 fully saturated rings. The molecule has 0 bridgehead atoms. The highest BCUT2D eigenvalue weighted by atomic mass is 35.5. The topological polar surface area (TPSA) is 37.0 Å². The summed E-state index contributed by atoms with van der Waals surface area (Å²) < 4.78 is 0. The summed E-state index contributed by atoms with van der Waals surface area (Å²) in [4.78, 5) is 3.92. The molecule has 14 heavy (non-hydrogen) atoms. The van der Waals surface area contributed by atoms with Gasteiger partial charge in [0, 0.05) is 18.9 Å². The summed E-state index contributed by atoms with van der Waals surface area (Å²) in [5, 5.41) is 7.20. The lowest BCUT2D eigenvalue weighted by Crippen LogP contribution is -2.17. The van der Waals surface area contributed by atoms with Gasteiger partial charge in [-0.3, -0.25) is 4.98 Å². The Hall–Kier alpha value is -0.800. The predicted octanol–water partition coefficient (Wildman–Crippen LogP) is 2.15. The molecule has 0 radical (unpaired) electrons. The smallest absolute Gasteiger partial charge is 0.0820 e. The van der Waals surface area contributed by atoms with Crippen molar-refractivity contribution in [2.75, 3.05) is 25.0 Å². The van der Waals surface area contributed by atoms with Crippen LogP contribution in [0.15, 0.2) is 18.5 Å². The van der Waals surface area contributed by atoms with Crippen molar-refractivity contribution >= 4 is 17.3 Å². The number of anilines is 1. The maximum absolute atomic E-state index is 5.92. The molecule has 0 aliphatic rings. The number of hydrogen-bond acceptors (Lipinski definition) is 3. The highest BCUT2D eigenvalue weighted by molar-refractivity contribution is 6.33. The fraction of sp³-hybridized carbons (Fsp3) is 0.500. The quantitative estimate of drug-likeness (QED) is 0.711. The first-order valence-electron chi connectivity index (χ1n) is 4.88. The first-order chi connectivity index (χ1) is 6.84. The first kappa shape index (κ1) is 11.3. The van der Waals surface area contributed by atoms with Crippen molar-refractivity contribution in [2.45, 2.75) is 13.3 Å². The molecule has 0 aliphatic carbocycles. The van der Waals surface area contributed by atoms with E-state index in [0.717, 1.165) is 31.7 Å². The molecule has 0 spiro atoms. The van der Waals surface area contributed by atoms with Gasteiger partial charge in [0.05, 0.1) is 10.7 Å². The summed E-state index contributed by atoms with van der Waals surface area (Å²) in [7, 11) is 0. The third kappa shape index (κ3) is 3.94.